The Bertz CT molecular complexity index is 937. The van der Waals surface area contributed by atoms with Gasteiger partial charge in [0.05, 0.1) is 24.1 Å². The quantitative estimate of drug-likeness (QED) is 0.558. The first kappa shape index (κ1) is 20.5. The zero-order valence-electron chi connectivity index (χ0n) is 17.1. The van der Waals surface area contributed by atoms with Crippen molar-refractivity contribution in [2.45, 2.75) is 46.1 Å². The van der Waals surface area contributed by atoms with Crippen LogP contribution in [0.4, 0.5) is 0 Å². The molecule has 29 heavy (non-hydrogen) atoms. The van der Waals surface area contributed by atoms with E-state index in [0.29, 0.717) is 30.4 Å². The van der Waals surface area contributed by atoms with Gasteiger partial charge in [-0.3, -0.25) is 4.79 Å². The number of carbonyl (C=O) groups excluding carboxylic acids is 1. The van der Waals surface area contributed by atoms with Crippen molar-refractivity contribution in [3.05, 3.63) is 65.7 Å². The molecule has 0 fully saturated rings. The number of nitrogens with zero attached hydrogens (tertiary/aromatic N) is 4. The molecular weight excluding hydrogens is 366 g/mol. The number of rotatable bonds is 9. The lowest BCUT2D eigenvalue weighted by molar-refractivity contribution is 0.0949. The van der Waals surface area contributed by atoms with Gasteiger partial charge in [0.25, 0.3) is 5.91 Å². The summed E-state index contributed by atoms with van der Waals surface area (Å²) in [5.41, 5.74) is 2.22. The van der Waals surface area contributed by atoms with Crippen LogP contribution in [-0.2, 0) is 6.54 Å². The van der Waals surface area contributed by atoms with E-state index in [1.165, 1.54) is 0 Å². The number of nitrogens with one attached hydrogen (secondary N) is 1. The van der Waals surface area contributed by atoms with Crippen molar-refractivity contribution in [2.24, 2.45) is 0 Å². The minimum Gasteiger partial charge on any atom is -0.477 e. The Morgan fingerprint density at radius 2 is 2.00 bits per heavy atom. The number of ether oxygens (including phenoxy) is 1. The Balaban J connectivity index is 1.76. The van der Waals surface area contributed by atoms with Crippen molar-refractivity contribution in [2.75, 3.05) is 6.61 Å². The predicted octanol–water partition coefficient (Wildman–Crippen LogP) is 3.89. The minimum absolute atomic E-state index is 0.103. The number of hydrogen-bond acceptors (Lipinski definition) is 5. The molecule has 0 spiro atoms. The van der Waals surface area contributed by atoms with Gasteiger partial charge in [0, 0.05) is 24.5 Å². The molecule has 0 aliphatic carbocycles. The van der Waals surface area contributed by atoms with E-state index in [2.05, 4.69) is 27.3 Å². The molecule has 0 saturated heterocycles. The van der Waals surface area contributed by atoms with Gasteiger partial charge in [-0.1, -0.05) is 39.3 Å². The lowest BCUT2D eigenvalue weighted by atomic mass is 10.1. The summed E-state index contributed by atoms with van der Waals surface area (Å²) < 4.78 is 7.48. The standard InChI is InChI=1S/C22H27N5O2/c1-4-5-13-29-22-17(9-8-12-24-22)14-25-21(28)18-15-26-27(20(18)16(2)3)19-10-6-7-11-23-19/h6-12,15-16H,4-5,13-14H2,1-3H3,(H,25,28). The van der Waals surface area contributed by atoms with E-state index < -0.39 is 0 Å². The van der Waals surface area contributed by atoms with Crippen LogP contribution in [0.3, 0.4) is 0 Å². The van der Waals surface area contributed by atoms with Crippen LogP contribution in [0.5, 0.6) is 5.88 Å². The third-order valence-corrected chi connectivity index (χ3v) is 4.49. The van der Waals surface area contributed by atoms with Crippen LogP contribution in [0, 0.1) is 0 Å². The van der Waals surface area contributed by atoms with Crippen molar-refractivity contribution in [1.29, 1.82) is 0 Å². The number of amides is 1. The molecule has 0 saturated carbocycles. The monoisotopic (exact) mass is 393 g/mol. The van der Waals surface area contributed by atoms with E-state index in [4.69, 9.17) is 4.74 Å². The highest BCUT2D eigenvalue weighted by molar-refractivity contribution is 5.95. The highest BCUT2D eigenvalue weighted by Gasteiger charge is 2.21. The van der Waals surface area contributed by atoms with Crippen molar-refractivity contribution in [3.63, 3.8) is 0 Å². The van der Waals surface area contributed by atoms with Gasteiger partial charge in [-0.05, 0) is 30.5 Å². The fourth-order valence-corrected chi connectivity index (χ4v) is 3.02. The van der Waals surface area contributed by atoms with Crippen molar-refractivity contribution >= 4 is 5.91 Å². The molecule has 7 nitrogen and oxygen atoms in total. The van der Waals surface area contributed by atoms with Crippen molar-refractivity contribution < 1.29 is 9.53 Å². The topological polar surface area (TPSA) is 81.9 Å². The molecule has 0 aromatic carbocycles. The molecule has 1 N–H and O–H groups in total. The maximum absolute atomic E-state index is 12.9. The first-order valence-corrected chi connectivity index (χ1v) is 9.96. The molecule has 7 heteroatoms. The van der Waals surface area contributed by atoms with Crippen LogP contribution in [0.15, 0.2) is 48.9 Å². The summed E-state index contributed by atoms with van der Waals surface area (Å²) in [6.07, 6.45) is 7.02. The van der Waals surface area contributed by atoms with E-state index in [0.717, 1.165) is 24.1 Å². The average molecular weight is 393 g/mol. The van der Waals surface area contributed by atoms with Crippen LogP contribution in [-0.4, -0.2) is 32.3 Å². The molecule has 0 radical (unpaired) electrons. The molecule has 0 aliphatic heterocycles. The van der Waals surface area contributed by atoms with Crippen LogP contribution >= 0.6 is 0 Å². The number of pyridine rings is 2. The zero-order valence-corrected chi connectivity index (χ0v) is 17.1. The molecule has 152 valence electrons. The van der Waals surface area contributed by atoms with Crippen LogP contribution < -0.4 is 10.1 Å². The fourth-order valence-electron chi connectivity index (χ4n) is 3.02. The van der Waals surface area contributed by atoms with Crippen LogP contribution in [0.25, 0.3) is 5.82 Å². The van der Waals surface area contributed by atoms with Gasteiger partial charge >= 0.3 is 0 Å². The Hall–Kier alpha value is -3.22. The number of aromatic nitrogens is 4. The average Bonchev–Trinajstić information content (AvgIpc) is 3.19. The summed E-state index contributed by atoms with van der Waals surface area (Å²) in [4.78, 5) is 21.6. The summed E-state index contributed by atoms with van der Waals surface area (Å²) in [6.45, 7) is 7.13. The van der Waals surface area contributed by atoms with E-state index in [9.17, 15) is 4.79 Å². The van der Waals surface area contributed by atoms with Crippen molar-refractivity contribution in [3.8, 4) is 11.7 Å². The molecule has 3 aromatic rings. The molecule has 3 aromatic heterocycles. The third-order valence-electron chi connectivity index (χ3n) is 4.49. The Labute approximate surface area is 171 Å². The summed E-state index contributed by atoms with van der Waals surface area (Å²) in [7, 11) is 0. The summed E-state index contributed by atoms with van der Waals surface area (Å²) in [6, 6.07) is 9.37. The minimum atomic E-state index is -0.181. The zero-order chi connectivity index (χ0) is 20.6. The van der Waals surface area contributed by atoms with E-state index in [1.54, 1.807) is 23.3 Å². The summed E-state index contributed by atoms with van der Waals surface area (Å²) in [5.74, 6) is 1.18. The van der Waals surface area contributed by atoms with Crippen LogP contribution in [0.2, 0.25) is 0 Å². The first-order valence-electron chi connectivity index (χ1n) is 9.96. The lowest BCUT2D eigenvalue weighted by Gasteiger charge is -2.13. The molecule has 0 unspecified atom stereocenters. The van der Waals surface area contributed by atoms with E-state index in [-0.39, 0.29) is 11.8 Å². The summed E-state index contributed by atoms with van der Waals surface area (Å²) in [5, 5.41) is 7.38. The highest BCUT2D eigenvalue weighted by atomic mass is 16.5. The molecule has 1 amide bonds. The predicted molar refractivity (Wildman–Crippen MR) is 111 cm³/mol. The van der Waals surface area contributed by atoms with Gasteiger partial charge < -0.3 is 10.1 Å². The Morgan fingerprint density at radius 3 is 2.72 bits per heavy atom. The van der Waals surface area contributed by atoms with Crippen molar-refractivity contribution in [1.82, 2.24) is 25.1 Å². The van der Waals surface area contributed by atoms with Gasteiger partial charge in [-0.15, -0.1) is 0 Å². The molecule has 3 heterocycles. The maximum atomic E-state index is 12.9. The first-order chi connectivity index (χ1) is 14.1. The number of hydrogen-bond donors (Lipinski definition) is 1. The third kappa shape index (κ3) is 4.99. The SMILES string of the molecule is CCCCOc1ncccc1CNC(=O)c1cnn(-c2ccccn2)c1C(C)C. The number of unbranched alkanes of at least 4 members (excludes halogenated alkanes) is 1. The largest absolute Gasteiger partial charge is 0.477 e. The number of carbonyl (C=O) groups is 1. The maximum Gasteiger partial charge on any atom is 0.255 e. The van der Waals surface area contributed by atoms with E-state index in [1.807, 2.05) is 44.2 Å². The smallest absolute Gasteiger partial charge is 0.255 e. The van der Waals surface area contributed by atoms with Gasteiger partial charge in [0.2, 0.25) is 5.88 Å². The molecule has 3 rings (SSSR count). The highest BCUT2D eigenvalue weighted by Crippen LogP contribution is 2.22. The second-order valence-electron chi connectivity index (χ2n) is 7.05. The summed E-state index contributed by atoms with van der Waals surface area (Å²) >= 11 is 0. The van der Waals surface area contributed by atoms with Gasteiger partial charge in [0.15, 0.2) is 5.82 Å². The Morgan fingerprint density at radius 1 is 1.17 bits per heavy atom. The normalized spacial score (nSPS) is 10.9. The fraction of sp³-hybridized carbons (Fsp3) is 0.364. The second kappa shape index (κ2) is 9.82. The van der Waals surface area contributed by atoms with Crippen LogP contribution in [0.1, 0.15) is 61.1 Å². The molecule has 0 aliphatic rings. The van der Waals surface area contributed by atoms with Gasteiger partial charge in [-0.2, -0.15) is 5.10 Å². The lowest BCUT2D eigenvalue weighted by Crippen LogP contribution is -2.24. The Kier molecular flexibility index (Phi) is 6.94. The molecular formula is C22H27N5O2. The second-order valence-corrected chi connectivity index (χ2v) is 7.05. The van der Waals surface area contributed by atoms with E-state index >= 15 is 0 Å². The molecule has 0 atom stereocenters. The molecule has 0 bridgehead atoms. The van der Waals surface area contributed by atoms with Gasteiger partial charge in [0.1, 0.15) is 0 Å². The van der Waals surface area contributed by atoms with Gasteiger partial charge in [-0.25, -0.2) is 14.6 Å².